The maximum atomic E-state index is 5.65. The molecule has 2 aromatic rings. The van der Waals surface area contributed by atoms with Gasteiger partial charge in [0.2, 0.25) is 0 Å². The summed E-state index contributed by atoms with van der Waals surface area (Å²) in [4.78, 5) is 0. The van der Waals surface area contributed by atoms with Crippen LogP contribution in [0.4, 0.5) is 5.82 Å². The van der Waals surface area contributed by atoms with Crippen LogP contribution in [0.25, 0.3) is 10.8 Å². The Balaban J connectivity index is 0.000000461. The molecule has 0 radical (unpaired) electrons. The summed E-state index contributed by atoms with van der Waals surface area (Å²) < 4.78 is 0. The molecule has 2 N–H and O–H groups in total. The number of nitrogens with zero attached hydrogens (tertiary/aromatic N) is 2. The molecule has 0 aliphatic heterocycles. The van der Waals surface area contributed by atoms with Gasteiger partial charge in [0.15, 0.2) is 5.82 Å². The van der Waals surface area contributed by atoms with Gasteiger partial charge in [0, 0.05) is 10.8 Å². The first-order valence-corrected chi connectivity index (χ1v) is 4.75. The zero-order valence-electron chi connectivity index (χ0n) is 8.78. The Bertz CT molecular complexity index is 424. The lowest BCUT2D eigenvalue weighted by atomic mass is 10.1. The summed E-state index contributed by atoms with van der Waals surface area (Å²) in [5.41, 5.74) is 6.83. The summed E-state index contributed by atoms with van der Waals surface area (Å²) >= 11 is 0. The van der Waals surface area contributed by atoms with E-state index in [1.807, 2.05) is 39.0 Å². The van der Waals surface area contributed by atoms with E-state index in [2.05, 4.69) is 10.2 Å². The van der Waals surface area contributed by atoms with Crippen LogP contribution in [0, 0.1) is 6.92 Å². The zero-order valence-corrected chi connectivity index (χ0v) is 8.78. The highest BCUT2D eigenvalue weighted by Crippen LogP contribution is 2.18. The first kappa shape index (κ1) is 10.4. The second kappa shape index (κ2) is 4.56. The predicted molar refractivity (Wildman–Crippen MR) is 60.0 cm³/mol. The second-order valence-corrected chi connectivity index (χ2v) is 2.82. The topological polar surface area (TPSA) is 51.8 Å². The molecular formula is C11H15N3. The Labute approximate surface area is 84.0 Å². The molecule has 74 valence electrons. The van der Waals surface area contributed by atoms with Crippen molar-refractivity contribution >= 4 is 16.6 Å². The predicted octanol–water partition coefficient (Wildman–Crippen LogP) is 2.55. The maximum absolute atomic E-state index is 5.65. The fourth-order valence-electron chi connectivity index (χ4n) is 1.21. The monoisotopic (exact) mass is 189 g/mol. The van der Waals surface area contributed by atoms with Crippen molar-refractivity contribution in [1.29, 1.82) is 0 Å². The number of anilines is 1. The molecule has 0 fully saturated rings. The van der Waals surface area contributed by atoms with E-state index < -0.39 is 0 Å². The number of hydrogen-bond donors (Lipinski definition) is 1. The van der Waals surface area contributed by atoms with Gasteiger partial charge in [-0.3, -0.25) is 0 Å². The van der Waals surface area contributed by atoms with Crippen molar-refractivity contribution in [3.8, 4) is 0 Å². The Hall–Kier alpha value is -1.64. The quantitative estimate of drug-likeness (QED) is 0.692. The average molecular weight is 189 g/mol. The van der Waals surface area contributed by atoms with Crippen LogP contribution >= 0.6 is 0 Å². The van der Waals surface area contributed by atoms with Gasteiger partial charge in [-0.25, -0.2) is 0 Å². The first-order valence-electron chi connectivity index (χ1n) is 4.75. The highest BCUT2D eigenvalue weighted by Gasteiger charge is 1.98. The van der Waals surface area contributed by atoms with Crippen LogP contribution in [0.1, 0.15) is 19.4 Å². The van der Waals surface area contributed by atoms with E-state index in [4.69, 9.17) is 5.73 Å². The number of aryl methyl sites for hydroxylation is 1. The van der Waals surface area contributed by atoms with E-state index in [-0.39, 0.29) is 0 Å². The molecule has 14 heavy (non-hydrogen) atoms. The molecule has 0 saturated carbocycles. The van der Waals surface area contributed by atoms with Crippen LogP contribution in [-0.2, 0) is 0 Å². The Morgan fingerprint density at radius 3 is 2.64 bits per heavy atom. The fourth-order valence-corrected chi connectivity index (χ4v) is 1.21. The van der Waals surface area contributed by atoms with Crippen molar-refractivity contribution in [3.63, 3.8) is 0 Å². The molecule has 0 bridgehead atoms. The standard InChI is InChI=1S/C9H9N3.C2H6/c1-6-2-3-7-5-11-12-9(10)8(7)4-6;1-2/h2-5H,1H3,(H2,10,12);1-2H3. The highest BCUT2D eigenvalue weighted by molar-refractivity contribution is 5.90. The molecule has 0 aliphatic carbocycles. The normalized spacial score (nSPS) is 9.36. The minimum absolute atomic E-state index is 0.496. The van der Waals surface area contributed by atoms with Crippen LogP contribution in [0.3, 0.4) is 0 Å². The molecule has 0 unspecified atom stereocenters. The Kier molecular flexibility index (Phi) is 3.40. The highest BCUT2D eigenvalue weighted by atomic mass is 15.1. The van der Waals surface area contributed by atoms with Crippen LogP contribution in [-0.4, -0.2) is 10.2 Å². The number of rotatable bonds is 0. The smallest absolute Gasteiger partial charge is 0.153 e. The summed E-state index contributed by atoms with van der Waals surface area (Å²) in [6, 6.07) is 6.04. The van der Waals surface area contributed by atoms with Gasteiger partial charge < -0.3 is 5.73 Å². The number of hydrogen-bond acceptors (Lipinski definition) is 3. The summed E-state index contributed by atoms with van der Waals surface area (Å²) in [5.74, 6) is 0.496. The lowest BCUT2D eigenvalue weighted by Gasteiger charge is -1.99. The van der Waals surface area contributed by atoms with Crippen LogP contribution < -0.4 is 5.73 Å². The van der Waals surface area contributed by atoms with Crippen LogP contribution in [0.15, 0.2) is 24.4 Å². The van der Waals surface area contributed by atoms with Gasteiger partial charge in [-0.15, -0.1) is 5.10 Å². The SMILES string of the molecule is CC.Cc1ccc2cnnc(N)c2c1. The van der Waals surface area contributed by atoms with Crippen molar-refractivity contribution in [2.75, 3.05) is 5.73 Å². The molecule has 0 aliphatic rings. The number of aromatic nitrogens is 2. The third-order valence-electron chi connectivity index (χ3n) is 1.85. The van der Waals surface area contributed by atoms with Gasteiger partial charge in [-0.05, 0) is 13.0 Å². The zero-order chi connectivity index (χ0) is 10.6. The minimum Gasteiger partial charge on any atom is -0.382 e. The van der Waals surface area contributed by atoms with Gasteiger partial charge in [-0.1, -0.05) is 31.5 Å². The molecule has 1 aromatic heterocycles. The number of nitrogens with two attached hydrogens (primary N) is 1. The summed E-state index contributed by atoms with van der Waals surface area (Å²) in [6.07, 6.45) is 1.71. The van der Waals surface area contributed by atoms with Crippen molar-refractivity contribution in [2.24, 2.45) is 0 Å². The van der Waals surface area contributed by atoms with E-state index >= 15 is 0 Å². The molecule has 0 saturated heterocycles. The Morgan fingerprint density at radius 1 is 1.21 bits per heavy atom. The third kappa shape index (κ3) is 1.99. The maximum Gasteiger partial charge on any atom is 0.153 e. The molecule has 2 rings (SSSR count). The van der Waals surface area contributed by atoms with Gasteiger partial charge in [0.25, 0.3) is 0 Å². The van der Waals surface area contributed by atoms with Gasteiger partial charge in [0.1, 0.15) is 0 Å². The fraction of sp³-hybridized carbons (Fsp3) is 0.273. The summed E-state index contributed by atoms with van der Waals surface area (Å²) in [7, 11) is 0. The van der Waals surface area contributed by atoms with Crippen molar-refractivity contribution in [2.45, 2.75) is 20.8 Å². The first-order chi connectivity index (χ1) is 6.77. The van der Waals surface area contributed by atoms with E-state index in [9.17, 15) is 0 Å². The molecule has 3 heteroatoms. The lowest BCUT2D eigenvalue weighted by Crippen LogP contribution is -1.93. The van der Waals surface area contributed by atoms with E-state index in [1.165, 1.54) is 5.56 Å². The minimum atomic E-state index is 0.496. The van der Waals surface area contributed by atoms with Crippen molar-refractivity contribution in [1.82, 2.24) is 10.2 Å². The van der Waals surface area contributed by atoms with E-state index in [0.717, 1.165) is 10.8 Å². The molecule has 1 heterocycles. The van der Waals surface area contributed by atoms with E-state index in [0.29, 0.717) is 5.82 Å². The number of nitrogen functional groups attached to an aromatic ring is 1. The number of fused-ring (bicyclic) bond motifs is 1. The second-order valence-electron chi connectivity index (χ2n) is 2.82. The largest absolute Gasteiger partial charge is 0.382 e. The third-order valence-corrected chi connectivity index (χ3v) is 1.85. The summed E-state index contributed by atoms with van der Waals surface area (Å²) in [5, 5.41) is 9.56. The summed E-state index contributed by atoms with van der Waals surface area (Å²) in [6.45, 7) is 6.03. The molecule has 0 spiro atoms. The van der Waals surface area contributed by atoms with E-state index in [1.54, 1.807) is 6.20 Å². The van der Waals surface area contributed by atoms with Gasteiger partial charge >= 0.3 is 0 Å². The van der Waals surface area contributed by atoms with Gasteiger partial charge in [0.05, 0.1) is 6.20 Å². The van der Waals surface area contributed by atoms with Crippen LogP contribution in [0.5, 0.6) is 0 Å². The Morgan fingerprint density at radius 2 is 1.93 bits per heavy atom. The van der Waals surface area contributed by atoms with Crippen LogP contribution in [0.2, 0.25) is 0 Å². The molecular weight excluding hydrogens is 174 g/mol. The molecule has 3 nitrogen and oxygen atoms in total. The van der Waals surface area contributed by atoms with Gasteiger partial charge in [-0.2, -0.15) is 5.10 Å². The van der Waals surface area contributed by atoms with Crippen molar-refractivity contribution in [3.05, 3.63) is 30.0 Å². The number of benzene rings is 1. The lowest BCUT2D eigenvalue weighted by molar-refractivity contribution is 1.06. The average Bonchev–Trinajstić information content (AvgIpc) is 2.22. The van der Waals surface area contributed by atoms with Crippen molar-refractivity contribution < 1.29 is 0 Å². The molecule has 0 atom stereocenters. The molecule has 1 aromatic carbocycles. The molecule has 0 amide bonds.